The van der Waals surface area contributed by atoms with Crippen LogP contribution in [0, 0.1) is 0 Å². The van der Waals surface area contributed by atoms with E-state index in [1.807, 2.05) is 0 Å². The lowest BCUT2D eigenvalue weighted by Crippen LogP contribution is -2.55. The zero-order valence-corrected chi connectivity index (χ0v) is 13.6. The molecule has 0 bridgehead atoms. The Bertz CT molecular complexity index is 512. The zero-order valence-electron chi connectivity index (χ0n) is 12.8. The van der Waals surface area contributed by atoms with E-state index in [9.17, 15) is 26.4 Å². The maximum Gasteiger partial charge on any atom is 0.410 e. The third-order valence-electron chi connectivity index (χ3n) is 2.87. The second kappa shape index (κ2) is 6.23. The summed E-state index contributed by atoms with van der Waals surface area (Å²) in [5.74, 6) is 0. The number of carbonyl (C=O) groups excluding carboxylic acids is 1. The van der Waals surface area contributed by atoms with E-state index in [1.54, 1.807) is 20.8 Å². The van der Waals surface area contributed by atoms with Gasteiger partial charge >= 0.3 is 12.3 Å². The van der Waals surface area contributed by atoms with Crippen LogP contribution >= 0.6 is 0 Å². The lowest BCUT2D eigenvalue weighted by Gasteiger charge is -2.40. The van der Waals surface area contributed by atoms with Gasteiger partial charge in [-0.2, -0.15) is 21.6 Å². The molecule has 2 atom stereocenters. The molecule has 0 radical (unpaired) electrons. The topological polar surface area (TPSA) is 72.9 Å². The Morgan fingerprint density at radius 2 is 1.77 bits per heavy atom. The molecule has 0 N–H and O–H groups in total. The van der Waals surface area contributed by atoms with Crippen LogP contribution in [0.4, 0.5) is 18.0 Å². The van der Waals surface area contributed by atoms with Crippen molar-refractivity contribution in [3.8, 4) is 0 Å². The van der Waals surface area contributed by atoms with Crippen molar-refractivity contribution in [3.63, 3.8) is 0 Å². The summed E-state index contributed by atoms with van der Waals surface area (Å²) in [5.41, 5.74) is -0.923. The van der Waals surface area contributed by atoms with Crippen molar-refractivity contribution in [2.45, 2.75) is 57.5 Å². The normalized spacial score (nSPS) is 24.2. The van der Waals surface area contributed by atoms with Crippen molar-refractivity contribution in [1.29, 1.82) is 0 Å². The molecule has 1 saturated heterocycles. The summed E-state index contributed by atoms with van der Waals surface area (Å²) in [4.78, 5) is 12.5. The van der Waals surface area contributed by atoms with Gasteiger partial charge in [0.25, 0.3) is 10.1 Å². The molecule has 1 aliphatic rings. The third-order valence-corrected chi connectivity index (χ3v) is 3.49. The minimum atomic E-state index is -4.70. The Labute approximate surface area is 127 Å². The summed E-state index contributed by atoms with van der Waals surface area (Å²) in [6, 6.07) is -2.14. The molecular weight excluding hydrogens is 327 g/mol. The average molecular weight is 347 g/mol. The fourth-order valence-corrected chi connectivity index (χ4v) is 2.79. The van der Waals surface area contributed by atoms with Gasteiger partial charge in [0.2, 0.25) is 0 Å². The van der Waals surface area contributed by atoms with Gasteiger partial charge in [0.15, 0.2) is 0 Å². The monoisotopic (exact) mass is 347 g/mol. The zero-order chi connectivity index (χ0) is 17.3. The smallest absolute Gasteiger partial charge is 0.410 e. The van der Waals surface area contributed by atoms with E-state index in [2.05, 4.69) is 4.18 Å². The van der Waals surface area contributed by atoms with Gasteiger partial charge in [-0.25, -0.2) is 4.79 Å². The third kappa shape index (κ3) is 5.99. The number of likely N-dealkylation sites (tertiary alicyclic amines) is 1. The first-order valence-corrected chi connectivity index (χ1v) is 8.45. The molecule has 1 rings (SSSR count). The Kier molecular flexibility index (Phi) is 5.38. The van der Waals surface area contributed by atoms with Gasteiger partial charge in [0.1, 0.15) is 11.6 Å². The Morgan fingerprint density at radius 1 is 1.23 bits per heavy atom. The highest BCUT2D eigenvalue weighted by Gasteiger charge is 2.50. The predicted octanol–water partition coefficient (Wildman–Crippen LogP) is 2.29. The molecule has 0 saturated carbocycles. The lowest BCUT2D eigenvalue weighted by atomic mass is 9.99. The van der Waals surface area contributed by atoms with Crippen molar-refractivity contribution >= 4 is 16.2 Å². The fraction of sp³-hybridized carbons (Fsp3) is 0.917. The first-order valence-electron chi connectivity index (χ1n) is 6.63. The molecular formula is C12H20F3NO5S. The number of hydrogen-bond donors (Lipinski definition) is 0. The molecule has 0 aliphatic carbocycles. The van der Waals surface area contributed by atoms with Gasteiger partial charge in [0.05, 0.1) is 12.4 Å². The summed E-state index contributed by atoms with van der Waals surface area (Å²) >= 11 is 0. The van der Waals surface area contributed by atoms with Crippen LogP contribution in [0.5, 0.6) is 0 Å². The highest BCUT2D eigenvalue weighted by Crippen LogP contribution is 2.34. The van der Waals surface area contributed by atoms with E-state index in [1.165, 1.54) is 0 Å². The summed E-state index contributed by atoms with van der Waals surface area (Å²) in [6.07, 6.45) is -6.77. The summed E-state index contributed by atoms with van der Waals surface area (Å²) in [6.45, 7) is 4.35. The van der Waals surface area contributed by atoms with E-state index in [0.717, 1.165) is 6.26 Å². The second-order valence-corrected chi connectivity index (χ2v) is 7.78. The molecule has 1 fully saturated rings. The molecule has 0 unspecified atom stereocenters. The van der Waals surface area contributed by atoms with Gasteiger partial charge in [0, 0.05) is 13.0 Å². The average Bonchev–Trinajstić information content (AvgIpc) is 2.22. The van der Waals surface area contributed by atoms with Crippen molar-refractivity contribution in [2.24, 2.45) is 0 Å². The Morgan fingerprint density at radius 3 is 2.18 bits per heavy atom. The van der Waals surface area contributed by atoms with Crippen LogP contribution in [-0.4, -0.2) is 56.1 Å². The number of ether oxygens (including phenoxy) is 1. The molecule has 6 nitrogen and oxygen atoms in total. The molecule has 1 amide bonds. The van der Waals surface area contributed by atoms with Crippen molar-refractivity contribution in [3.05, 3.63) is 0 Å². The standard InChI is InChI=1S/C12H20F3NO5S/c1-11(2,3)20-10(17)16-6-5-8(21-22(4,18)19)7-9(16)12(13,14)15/h8-9H,5-7H2,1-4H3/t8-,9-/m0/s1. The first-order chi connectivity index (χ1) is 9.69. The number of nitrogens with zero attached hydrogens (tertiary/aromatic N) is 1. The lowest BCUT2D eigenvalue weighted by molar-refractivity contribution is -0.194. The Hall–Kier alpha value is -1.03. The number of alkyl halides is 3. The van der Waals surface area contributed by atoms with Gasteiger partial charge in [-0.3, -0.25) is 9.08 Å². The molecule has 0 aromatic heterocycles. The van der Waals surface area contributed by atoms with Gasteiger partial charge in [-0.05, 0) is 27.2 Å². The number of hydrogen-bond acceptors (Lipinski definition) is 5. The van der Waals surface area contributed by atoms with E-state index in [4.69, 9.17) is 4.74 Å². The largest absolute Gasteiger partial charge is 0.444 e. The molecule has 130 valence electrons. The maximum atomic E-state index is 13.1. The molecule has 22 heavy (non-hydrogen) atoms. The second-order valence-electron chi connectivity index (χ2n) is 6.18. The number of carbonyl (C=O) groups is 1. The van der Waals surface area contributed by atoms with Crippen LogP contribution in [0.1, 0.15) is 33.6 Å². The molecule has 10 heteroatoms. The minimum absolute atomic E-state index is 0.0150. The number of amides is 1. The van der Waals surface area contributed by atoms with Crippen LogP contribution in [0.3, 0.4) is 0 Å². The SMILES string of the molecule is CC(C)(C)OC(=O)N1CC[C@H](OS(C)(=O)=O)C[C@H]1C(F)(F)F. The first kappa shape index (κ1) is 19.0. The van der Waals surface area contributed by atoms with Crippen molar-refractivity contribution < 1.29 is 35.3 Å². The molecule has 0 aromatic carbocycles. The summed E-state index contributed by atoms with van der Waals surface area (Å²) in [5, 5.41) is 0. The Balaban J connectivity index is 2.89. The number of halogens is 3. The van der Waals surface area contributed by atoms with Crippen molar-refractivity contribution in [2.75, 3.05) is 12.8 Å². The van der Waals surface area contributed by atoms with Gasteiger partial charge in [-0.1, -0.05) is 0 Å². The molecule has 1 heterocycles. The van der Waals surface area contributed by atoms with Crippen LogP contribution in [-0.2, 0) is 19.0 Å². The van der Waals surface area contributed by atoms with E-state index in [-0.39, 0.29) is 13.0 Å². The predicted molar refractivity (Wildman–Crippen MR) is 71.7 cm³/mol. The van der Waals surface area contributed by atoms with Crippen LogP contribution in [0.15, 0.2) is 0 Å². The summed E-state index contributed by atoms with van der Waals surface area (Å²) < 4.78 is 71.1. The molecule has 0 aromatic rings. The molecule has 1 aliphatic heterocycles. The molecule has 0 spiro atoms. The van der Waals surface area contributed by atoms with E-state index >= 15 is 0 Å². The summed E-state index contributed by atoms with van der Waals surface area (Å²) in [7, 11) is -3.86. The van der Waals surface area contributed by atoms with Crippen LogP contribution in [0.2, 0.25) is 0 Å². The van der Waals surface area contributed by atoms with E-state index < -0.39 is 46.6 Å². The van der Waals surface area contributed by atoms with Crippen molar-refractivity contribution in [1.82, 2.24) is 4.90 Å². The van der Waals surface area contributed by atoms with Crippen LogP contribution in [0.25, 0.3) is 0 Å². The quantitative estimate of drug-likeness (QED) is 0.717. The number of rotatable bonds is 2. The minimum Gasteiger partial charge on any atom is -0.444 e. The van der Waals surface area contributed by atoms with Gasteiger partial charge < -0.3 is 4.74 Å². The highest BCUT2D eigenvalue weighted by molar-refractivity contribution is 7.86. The fourth-order valence-electron chi connectivity index (χ4n) is 2.12. The number of piperidine rings is 1. The maximum absolute atomic E-state index is 13.1. The van der Waals surface area contributed by atoms with Gasteiger partial charge in [-0.15, -0.1) is 0 Å². The van der Waals surface area contributed by atoms with Crippen LogP contribution < -0.4 is 0 Å². The van der Waals surface area contributed by atoms with E-state index in [0.29, 0.717) is 4.90 Å². The highest BCUT2D eigenvalue weighted by atomic mass is 32.2.